The number of halogens is 3. The molecule has 170 valence electrons. The van der Waals surface area contributed by atoms with Gasteiger partial charge in [0.1, 0.15) is 10.6 Å². The van der Waals surface area contributed by atoms with Crippen molar-refractivity contribution in [3.63, 3.8) is 0 Å². The Bertz CT molecular complexity index is 1100. The SMILES string of the molecule is CCOC(=O)c1sc(NC(=O)CSc2nnnn2-c2ccc(OC(F)(F)F)cc2)cc1C. The van der Waals surface area contributed by atoms with Gasteiger partial charge in [0.25, 0.3) is 0 Å². The Labute approximate surface area is 187 Å². The molecule has 1 N–H and O–H groups in total. The van der Waals surface area contributed by atoms with Crippen molar-refractivity contribution >= 4 is 40.0 Å². The third-order valence-electron chi connectivity index (χ3n) is 3.73. The molecule has 0 aliphatic heterocycles. The summed E-state index contributed by atoms with van der Waals surface area (Å²) in [5.41, 5.74) is 1.08. The molecule has 2 heterocycles. The Morgan fingerprint density at radius 1 is 1.25 bits per heavy atom. The maximum Gasteiger partial charge on any atom is 0.573 e. The molecule has 0 fully saturated rings. The van der Waals surface area contributed by atoms with Crippen LogP contribution in [0.1, 0.15) is 22.2 Å². The molecule has 3 aromatic rings. The van der Waals surface area contributed by atoms with Gasteiger partial charge in [-0.3, -0.25) is 4.79 Å². The summed E-state index contributed by atoms with van der Waals surface area (Å²) in [5, 5.41) is 14.6. The molecule has 9 nitrogen and oxygen atoms in total. The van der Waals surface area contributed by atoms with Crippen LogP contribution in [0.5, 0.6) is 5.75 Å². The second-order valence-corrected chi connectivity index (χ2v) is 8.09. The lowest BCUT2D eigenvalue weighted by Gasteiger charge is -2.09. The van der Waals surface area contributed by atoms with Gasteiger partial charge in [0.05, 0.1) is 23.0 Å². The minimum absolute atomic E-state index is 0.0403. The number of nitrogens with one attached hydrogen (secondary N) is 1. The van der Waals surface area contributed by atoms with Gasteiger partial charge >= 0.3 is 12.3 Å². The topological polar surface area (TPSA) is 108 Å². The number of benzene rings is 1. The van der Waals surface area contributed by atoms with Crippen molar-refractivity contribution in [2.75, 3.05) is 17.7 Å². The van der Waals surface area contributed by atoms with Crippen LogP contribution in [0.4, 0.5) is 18.2 Å². The average Bonchev–Trinajstić information content (AvgIpc) is 3.32. The van der Waals surface area contributed by atoms with E-state index in [1.54, 1.807) is 19.9 Å². The van der Waals surface area contributed by atoms with Gasteiger partial charge in [0.2, 0.25) is 11.1 Å². The van der Waals surface area contributed by atoms with E-state index in [0.29, 0.717) is 21.1 Å². The van der Waals surface area contributed by atoms with E-state index in [9.17, 15) is 22.8 Å². The van der Waals surface area contributed by atoms with Crippen LogP contribution in [0, 0.1) is 6.92 Å². The number of thiophene rings is 1. The number of hydrogen-bond acceptors (Lipinski definition) is 9. The Balaban J connectivity index is 1.61. The third kappa shape index (κ3) is 6.20. The van der Waals surface area contributed by atoms with Crippen LogP contribution in [0.3, 0.4) is 0 Å². The number of carbonyl (C=O) groups is 2. The van der Waals surface area contributed by atoms with Gasteiger partial charge in [-0.1, -0.05) is 11.8 Å². The fourth-order valence-electron chi connectivity index (χ4n) is 2.47. The summed E-state index contributed by atoms with van der Waals surface area (Å²) < 4.78 is 46.9. The van der Waals surface area contributed by atoms with Gasteiger partial charge < -0.3 is 14.8 Å². The van der Waals surface area contributed by atoms with Gasteiger partial charge in [0, 0.05) is 0 Å². The summed E-state index contributed by atoms with van der Waals surface area (Å²) >= 11 is 2.14. The molecular formula is C18H16F3N5O4S2. The van der Waals surface area contributed by atoms with Crippen LogP contribution >= 0.6 is 23.1 Å². The molecule has 0 bridgehead atoms. The Morgan fingerprint density at radius 3 is 2.62 bits per heavy atom. The number of ether oxygens (including phenoxy) is 2. The van der Waals surface area contributed by atoms with Crippen LogP contribution < -0.4 is 10.1 Å². The maximum atomic E-state index is 12.3. The number of tetrazole rings is 1. The number of hydrogen-bond donors (Lipinski definition) is 1. The molecule has 0 radical (unpaired) electrons. The molecule has 1 amide bonds. The second-order valence-electron chi connectivity index (χ2n) is 6.10. The van der Waals surface area contributed by atoms with Gasteiger partial charge in [-0.2, -0.15) is 4.68 Å². The van der Waals surface area contributed by atoms with Crippen molar-refractivity contribution in [2.24, 2.45) is 0 Å². The standard InChI is InChI=1S/C18H16F3N5O4S2/c1-3-29-16(28)15-10(2)8-14(32-15)22-13(27)9-31-17-23-24-25-26(17)11-4-6-12(7-5-11)30-18(19,20)21/h4-8H,3,9H2,1-2H3,(H,22,27). The highest BCUT2D eigenvalue weighted by molar-refractivity contribution is 7.99. The molecular weight excluding hydrogens is 471 g/mol. The largest absolute Gasteiger partial charge is 0.573 e. The van der Waals surface area contributed by atoms with E-state index in [4.69, 9.17) is 4.74 Å². The molecule has 0 unspecified atom stereocenters. The van der Waals surface area contributed by atoms with Crippen molar-refractivity contribution in [3.8, 4) is 11.4 Å². The highest BCUT2D eigenvalue weighted by Gasteiger charge is 2.31. The molecule has 0 atom stereocenters. The first-order chi connectivity index (χ1) is 15.2. The van der Waals surface area contributed by atoms with E-state index >= 15 is 0 Å². The first-order valence-corrected chi connectivity index (χ1v) is 10.8. The van der Waals surface area contributed by atoms with E-state index in [0.717, 1.165) is 35.2 Å². The number of amides is 1. The molecule has 1 aromatic carbocycles. The number of rotatable bonds is 8. The number of alkyl halides is 3. The summed E-state index contributed by atoms with van der Waals surface area (Å²) in [6.45, 7) is 3.70. The average molecular weight is 487 g/mol. The van der Waals surface area contributed by atoms with Crippen molar-refractivity contribution < 1.29 is 32.2 Å². The highest BCUT2D eigenvalue weighted by atomic mass is 32.2. The van der Waals surface area contributed by atoms with E-state index < -0.39 is 12.3 Å². The zero-order valence-corrected chi connectivity index (χ0v) is 18.3. The van der Waals surface area contributed by atoms with Crippen LogP contribution in [-0.4, -0.2) is 50.8 Å². The molecule has 0 saturated heterocycles. The summed E-state index contributed by atoms with van der Waals surface area (Å²) in [6, 6.07) is 6.64. The quantitative estimate of drug-likeness (QED) is 0.377. The molecule has 0 saturated carbocycles. The molecule has 0 spiro atoms. The van der Waals surface area contributed by atoms with Crippen molar-refractivity contribution in [1.29, 1.82) is 0 Å². The van der Waals surface area contributed by atoms with Gasteiger partial charge in [-0.25, -0.2) is 4.79 Å². The molecule has 0 aliphatic rings. The van der Waals surface area contributed by atoms with E-state index in [2.05, 4.69) is 25.6 Å². The van der Waals surface area contributed by atoms with Crippen LogP contribution in [0.15, 0.2) is 35.5 Å². The van der Waals surface area contributed by atoms with Crippen molar-refractivity contribution in [1.82, 2.24) is 20.2 Å². The van der Waals surface area contributed by atoms with Gasteiger partial charge in [-0.15, -0.1) is 29.6 Å². The predicted molar refractivity (Wildman–Crippen MR) is 110 cm³/mol. The monoisotopic (exact) mass is 487 g/mol. The van der Waals surface area contributed by atoms with Crippen LogP contribution in [0.25, 0.3) is 5.69 Å². The normalized spacial score (nSPS) is 11.3. The summed E-state index contributed by atoms with van der Waals surface area (Å²) in [6.07, 6.45) is -4.79. The van der Waals surface area contributed by atoms with Crippen molar-refractivity contribution in [3.05, 3.63) is 40.8 Å². The van der Waals surface area contributed by atoms with Crippen LogP contribution in [0.2, 0.25) is 0 Å². The lowest BCUT2D eigenvalue weighted by atomic mass is 10.3. The third-order valence-corrected chi connectivity index (χ3v) is 5.78. The number of thioether (sulfide) groups is 1. The number of aryl methyl sites for hydroxylation is 1. The lowest BCUT2D eigenvalue weighted by molar-refractivity contribution is -0.274. The molecule has 2 aromatic heterocycles. The second kappa shape index (κ2) is 9.99. The summed E-state index contributed by atoms with van der Waals surface area (Å²) in [4.78, 5) is 24.6. The first kappa shape index (κ1) is 23.5. The fraction of sp³-hybridized carbons (Fsp3) is 0.278. The zero-order valence-electron chi connectivity index (χ0n) is 16.7. The van der Waals surface area contributed by atoms with E-state index in [1.165, 1.54) is 16.8 Å². The van der Waals surface area contributed by atoms with Gasteiger partial charge in [-0.05, 0) is 60.2 Å². The van der Waals surface area contributed by atoms with Gasteiger partial charge in [0.15, 0.2) is 0 Å². The molecule has 32 heavy (non-hydrogen) atoms. The van der Waals surface area contributed by atoms with Crippen LogP contribution in [-0.2, 0) is 9.53 Å². The summed E-state index contributed by atoms with van der Waals surface area (Å²) in [5.74, 6) is -1.22. The number of anilines is 1. The Morgan fingerprint density at radius 2 is 1.97 bits per heavy atom. The number of nitrogens with zero attached hydrogens (tertiary/aromatic N) is 4. The number of carbonyl (C=O) groups excluding carboxylic acids is 2. The van der Waals surface area contributed by atoms with E-state index in [-0.39, 0.29) is 29.2 Å². The van der Waals surface area contributed by atoms with E-state index in [1.807, 2.05) is 0 Å². The first-order valence-electron chi connectivity index (χ1n) is 9.01. The number of esters is 1. The minimum atomic E-state index is -4.79. The Kier molecular flexibility index (Phi) is 7.35. The molecule has 3 rings (SSSR count). The smallest absolute Gasteiger partial charge is 0.462 e. The van der Waals surface area contributed by atoms with Crippen molar-refractivity contribution in [2.45, 2.75) is 25.4 Å². The zero-order chi connectivity index (χ0) is 23.3. The lowest BCUT2D eigenvalue weighted by Crippen LogP contribution is -2.17. The Hall–Kier alpha value is -3.13. The highest BCUT2D eigenvalue weighted by Crippen LogP contribution is 2.28. The minimum Gasteiger partial charge on any atom is -0.462 e. The summed E-state index contributed by atoms with van der Waals surface area (Å²) in [7, 11) is 0. The fourth-order valence-corrected chi connectivity index (χ4v) is 4.14. The molecule has 0 aliphatic carbocycles. The maximum absolute atomic E-state index is 12.3. The predicted octanol–water partition coefficient (Wildman–Crippen LogP) is 3.84. The number of aromatic nitrogens is 4. The molecule has 14 heteroatoms.